The molecule has 2 heterocycles. The van der Waals surface area contributed by atoms with Gasteiger partial charge in [-0.1, -0.05) is 25.5 Å². The second-order valence-corrected chi connectivity index (χ2v) is 6.83. The lowest BCUT2D eigenvalue weighted by Crippen LogP contribution is -2.33. The van der Waals surface area contributed by atoms with Crippen LogP contribution in [0.5, 0.6) is 0 Å². The number of carbonyl (C=O) groups is 2. The minimum atomic E-state index is -0.616. The topological polar surface area (TPSA) is 68.2 Å². The van der Waals surface area contributed by atoms with Gasteiger partial charge in [0.2, 0.25) is 5.91 Å². The van der Waals surface area contributed by atoms with Crippen LogP contribution in [0, 0.1) is 5.82 Å². The van der Waals surface area contributed by atoms with E-state index in [-0.39, 0.29) is 29.1 Å². The summed E-state index contributed by atoms with van der Waals surface area (Å²) in [4.78, 5) is 36.7. The molecule has 0 saturated carbocycles. The third-order valence-electron chi connectivity index (χ3n) is 4.90. The Balaban J connectivity index is 2.01. The lowest BCUT2D eigenvalue weighted by molar-refractivity contribution is -0.120. The van der Waals surface area contributed by atoms with E-state index in [4.69, 9.17) is 0 Å². The number of fused-ring (bicyclic) bond motifs is 1. The monoisotopic (exact) mass is 370 g/mol. The Morgan fingerprint density at radius 3 is 2.52 bits per heavy atom. The molecule has 2 amide bonds. The highest BCUT2D eigenvalue weighted by Crippen LogP contribution is 2.18. The number of nitrogens with zero attached hydrogens (tertiary/aromatic N) is 1. The maximum Gasteiger partial charge on any atom is 0.263 e. The van der Waals surface area contributed by atoms with Crippen molar-refractivity contribution >= 4 is 11.8 Å². The van der Waals surface area contributed by atoms with E-state index < -0.39 is 5.91 Å². The van der Waals surface area contributed by atoms with Gasteiger partial charge in [0.1, 0.15) is 11.4 Å². The molecule has 0 aliphatic carbocycles. The summed E-state index contributed by atoms with van der Waals surface area (Å²) in [7, 11) is 0. The van der Waals surface area contributed by atoms with Crippen molar-refractivity contribution in [2.45, 2.75) is 52.0 Å². The molecule has 6 heteroatoms. The summed E-state index contributed by atoms with van der Waals surface area (Å²) in [6.07, 6.45) is 3.82. The lowest BCUT2D eigenvalue weighted by atomic mass is 10.0. The van der Waals surface area contributed by atoms with Gasteiger partial charge < -0.3 is 4.57 Å². The Hall–Kier alpha value is -2.76. The van der Waals surface area contributed by atoms with Crippen LogP contribution in [0.15, 0.2) is 35.1 Å². The Labute approximate surface area is 157 Å². The van der Waals surface area contributed by atoms with Crippen molar-refractivity contribution < 1.29 is 14.0 Å². The Morgan fingerprint density at radius 1 is 1.07 bits per heavy atom. The summed E-state index contributed by atoms with van der Waals surface area (Å²) < 4.78 is 15.1. The fourth-order valence-corrected chi connectivity index (χ4v) is 3.47. The summed E-state index contributed by atoms with van der Waals surface area (Å²) in [5.74, 6) is -1.26. The second kappa shape index (κ2) is 8.29. The van der Waals surface area contributed by atoms with Gasteiger partial charge in [-0.15, -0.1) is 0 Å². The number of aryl methyl sites for hydroxylation is 2. The predicted molar refractivity (Wildman–Crippen MR) is 100 cm³/mol. The van der Waals surface area contributed by atoms with Crippen molar-refractivity contribution in [3.63, 3.8) is 0 Å². The molecule has 3 rings (SSSR count). The summed E-state index contributed by atoms with van der Waals surface area (Å²) in [5, 5.41) is 2.28. The Bertz CT molecular complexity index is 916. The number of pyridine rings is 1. The van der Waals surface area contributed by atoms with E-state index in [1.807, 2.05) is 4.57 Å². The molecule has 0 radical (unpaired) electrons. The third-order valence-corrected chi connectivity index (χ3v) is 4.90. The number of carbonyl (C=O) groups excluding carboxylic acids is 2. The molecular formula is C21H23FN2O3. The standard InChI is InChI=1S/C21H23FN2O3/c1-2-3-4-16-13-18(25)20-17(9-10-19(26)23-21(20)27)24(16)12-11-14-5-7-15(22)8-6-14/h5-8,13H,2-4,9-12H2,1H3,(H,23,26,27). The molecule has 1 aromatic heterocycles. The van der Waals surface area contributed by atoms with Crippen LogP contribution in [0.1, 0.15) is 53.5 Å². The summed E-state index contributed by atoms with van der Waals surface area (Å²) in [5.41, 5.74) is 2.21. The zero-order valence-corrected chi connectivity index (χ0v) is 15.4. The number of halogens is 1. The first-order valence-corrected chi connectivity index (χ1v) is 9.33. The van der Waals surface area contributed by atoms with E-state index in [9.17, 15) is 18.8 Å². The number of unbranched alkanes of at least 4 members (excludes halogenated alkanes) is 1. The molecule has 0 unspecified atom stereocenters. The predicted octanol–water partition coefficient (Wildman–Crippen LogP) is 2.78. The van der Waals surface area contributed by atoms with Crippen LogP contribution >= 0.6 is 0 Å². The molecule has 1 N–H and O–H groups in total. The fourth-order valence-electron chi connectivity index (χ4n) is 3.47. The number of nitrogens with one attached hydrogen (secondary N) is 1. The zero-order valence-electron chi connectivity index (χ0n) is 15.4. The molecule has 1 aliphatic rings. The summed E-state index contributed by atoms with van der Waals surface area (Å²) in [6, 6.07) is 7.84. The van der Waals surface area contributed by atoms with Gasteiger partial charge in [-0.2, -0.15) is 0 Å². The molecule has 27 heavy (non-hydrogen) atoms. The number of amides is 2. The van der Waals surface area contributed by atoms with E-state index >= 15 is 0 Å². The van der Waals surface area contributed by atoms with Crippen LogP contribution in [0.25, 0.3) is 0 Å². The van der Waals surface area contributed by atoms with Crippen molar-refractivity contribution in [3.8, 4) is 0 Å². The van der Waals surface area contributed by atoms with E-state index in [1.54, 1.807) is 12.1 Å². The van der Waals surface area contributed by atoms with E-state index in [0.29, 0.717) is 25.1 Å². The second-order valence-electron chi connectivity index (χ2n) is 6.83. The van der Waals surface area contributed by atoms with Crippen LogP contribution in [-0.4, -0.2) is 16.4 Å². The third kappa shape index (κ3) is 4.32. The van der Waals surface area contributed by atoms with Gasteiger partial charge in [-0.25, -0.2) is 4.39 Å². The molecule has 142 valence electrons. The average molecular weight is 370 g/mol. The van der Waals surface area contributed by atoms with Crippen LogP contribution in [-0.2, 0) is 30.6 Å². The molecule has 0 spiro atoms. The first kappa shape index (κ1) is 19.0. The number of hydrogen-bond donors (Lipinski definition) is 1. The lowest BCUT2D eigenvalue weighted by Gasteiger charge is -2.20. The molecule has 0 atom stereocenters. The number of rotatable bonds is 6. The molecule has 0 saturated heterocycles. The number of imide groups is 1. The molecule has 0 fully saturated rings. The van der Waals surface area contributed by atoms with E-state index in [1.165, 1.54) is 18.2 Å². The van der Waals surface area contributed by atoms with Gasteiger partial charge in [0.25, 0.3) is 5.91 Å². The van der Waals surface area contributed by atoms with Crippen molar-refractivity contribution in [2.75, 3.05) is 0 Å². The molecule has 5 nitrogen and oxygen atoms in total. The van der Waals surface area contributed by atoms with E-state index in [2.05, 4.69) is 12.2 Å². The maximum absolute atomic E-state index is 13.1. The highest BCUT2D eigenvalue weighted by molar-refractivity contribution is 6.06. The minimum absolute atomic E-state index is 0.0696. The van der Waals surface area contributed by atoms with Crippen molar-refractivity contribution in [1.29, 1.82) is 0 Å². The Morgan fingerprint density at radius 2 is 1.81 bits per heavy atom. The minimum Gasteiger partial charge on any atom is -0.347 e. The van der Waals surface area contributed by atoms with Crippen molar-refractivity contribution in [3.05, 3.63) is 68.9 Å². The highest BCUT2D eigenvalue weighted by atomic mass is 19.1. The first-order valence-electron chi connectivity index (χ1n) is 9.33. The van der Waals surface area contributed by atoms with Gasteiger partial charge >= 0.3 is 0 Å². The molecule has 0 bridgehead atoms. The maximum atomic E-state index is 13.1. The molecule has 2 aromatic rings. The highest BCUT2D eigenvalue weighted by Gasteiger charge is 2.26. The number of hydrogen-bond acceptors (Lipinski definition) is 3. The average Bonchev–Trinajstić information content (AvgIpc) is 2.79. The van der Waals surface area contributed by atoms with Gasteiger partial charge in [0.05, 0.1) is 0 Å². The smallest absolute Gasteiger partial charge is 0.263 e. The van der Waals surface area contributed by atoms with E-state index in [0.717, 1.165) is 30.5 Å². The largest absolute Gasteiger partial charge is 0.347 e. The van der Waals surface area contributed by atoms with Gasteiger partial charge in [0, 0.05) is 30.4 Å². The normalized spacial score (nSPS) is 13.9. The number of benzene rings is 1. The van der Waals surface area contributed by atoms with Crippen LogP contribution in [0.4, 0.5) is 4.39 Å². The van der Waals surface area contributed by atoms with Gasteiger partial charge in [-0.3, -0.25) is 19.7 Å². The SMILES string of the molecule is CCCCc1cc(=O)c2c(n1CCc1ccc(F)cc1)CCC(=O)NC2=O. The van der Waals surface area contributed by atoms with Crippen LogP contribution in [0.3, 0.4) is 0 Å². The van der Waals surface area contributed by atoms with Crippen molar-refractivity contribution in [1.82, 2.24) is 9.88 Å². The molecule has 1 aromatic carbocycles. The van der Waals surface area contributed by atoms with Gasteiger partial charge in [0.15, 0.2) is 5.43 Å². The number of aromatic nitrogens is 1. The Kier molecular flexibility index (Phi) is 5.84. The van der Waals surface area contributed by atoms with Gasteiger partial charge in [-0.05, 0) is 43.4 Å². The van der Waals surface area contributed by atoms with Crippen LogP contribution in [0.2, 0.25) is 0 Å². The zero-order chi connectivity index (χ0) is 19.4. The van der Waals surface area contributed by atoms with Crippen molar-refractivity contribution in [2.24, 2.45) is 0 Å². The van der Waals surface area contributed by atoms with Crippen LogP contribution < -0.4 is 10.7 Å². The first-order chi connectivity index (χ1) is 13.0. The summed E-state index contributed by atoms with van der Waals surface area (Å²) >= 11 is 0. The molecular weight excluding hydrogens is 347 g/mol. The molecule has 1 aliphatic heterocycles. The quantitative estimate of drug-likeness (QED) is 0.795. The summed E-state index contributed by atoms with van der Waals surface area (Å²) in [6.45, 7) is 2.64. The fraction of sp³-hybridized carbons (Fsp3) is 0.381.